The minimum absolute atomic E-state index is 0.0315. The number of nitrogens with zero attached hydrogens (tertiary/aromatic N) is 2. The number of piperidine rings is 1. The number of benzene rings is 1. The minimum atomic E-state index is -0.0428. The standard InChI is InChI=1S/C25H36N4O2/c1-28(2)24(31)29-9-7-20(8-10-29)23(30)26-21-5-3-4-6-22(21)27-25-14-17-11-18(15-25)13-19(12-17)16-25/h3-6,17-20,27H,7-16H2,1-2H3,(H,26,30). The SMILES string of the molecule is CN(C)C(=O)N1CCC(C(=O)Nc2ccccc2NC23CC4CC(CC(C4)C2)C3)CC1. The lowest BCUT2D eigenvalue weighted by atomic mass is 9.53. The molecule has 0 aromatic heterocycles. The van der Waals surface area contributed by atoms with Crippen molar-refractivity contribution < 1.29 is 9.59 Å². The quantitative estimate of drug-likeness (QED) is 0.753. The summed E-state index contributed by atoms with van der Waals surface area (Å²) in [6, 6.07) is 8.23. The maximum absolute atomic E-state index is 13.0. The Morgan fingerprint density at radius 1 is 0.935 bits per heavy atom. The number of amides is 3. The molecule has 1 aromatic carbocycles. The molecule has 168 valence electrons. The molecular weight excluding hydrogens is 388 g/mol. The Morgan fingerprint density at radius 3 is 2.03 bits per heavy atom. The van der Waals surface area contributed by atoms with Gasteiger partial charge in [-0.25, -0.2) is 4.79 Å². The molecule has 1 aliphatic heterocycles. The van der Waals surface area contributed by atoms with Gasteiger partial charge in [0.2, 0.25) is 5.91 Å². The topological polar surface area (TPSA) is 64.7 Å². The van der Waals surface area contributed by atoms with E-state index in [2.05, 4.69) is 22.8 Å². The molecule has 4 bridgehead atoms. The second kappa shape index (κ2) is 8.03. The first-order valence-corrected chi connectivity index (χ1v) is 12.0. The van der Waals surface area contributed by atoms with Gasteiger partial charge in [-0.3, -0.25) is 4.79 Å². The summed E-state index contributed by atoms with van der Waals surface area (Å²) in [5, 5.41) is 7.14. The number of para-hydroxylation sites is 2. The maximum atomic E-state index is 13.0. The Morgan fingerprint density at radius 2 is 1.48 bits per heavy atom. The fraction of sp³-hybridized carbons (Fsp3) is 0.680. The first-order valence-electron chi connectivity index (χ1n) is 12.0. The van der Waals surface area contributed by atoms with Gasteiger partial charge >= 0.3 is 6.03 Å². The van der Waals surface area contributed by atoms with Gasteiger partial charge in [-0.05, 0) is 81.3 Å². The van der Waals surface area contributed by atoms with Crippen molar-refractivity contribution in [1.82, 2.24) is 9.80 Å². The molecule has 31 heavy (non-hydrogen) atoms. The van der Waals surface area contributed by atoms with E-state index in [9.17, 15) is 9.59 Å². The molecule has 0 radical (unpaired) electrons. The molecule has 6 rings (SSSR count). The Hall–Kier alpha value is -2.24. The molecule has 1 aromatic rings. The van der Waals surface area contributed by atoms with E-state index in [0.29, 0.717) is 13.1 Å². The van der Waals surface area contributed by atoms with Crippen LogP contribution in [0.1, 0.15) is 51.4 Å². The number of carbonyl (C=O) groups is 2. The molecule has 4 aliphatic carbocycles. The summed E-state index contributed by atoms with van der Waals surface area (Å²) in [4.78, 5) is 28.6. The molecule has 4 saturated carbocycles. The Balaban J connectivity index is 1.23. The van der Waals surface area contributed by atoms with Crippen molar-refractivity contribution in [2.45, 2.75) is 56.9 Å². The first-order chi connectivity index (χ1) is 14.9. The van der Waals surface area contributed by atoms with Gasteiger partial charge in [0, 0.05) is 38.6 Å². The number of nitrogens with one attached hydrogen (secondary N) is 2. The summed E-state index contributed by atoms with van der Waals surface area (Å²) in [6.07, 6.45) is 9.54. The van der Waals surface area contributed by atoms with Crippen LogP contribution in [-0.2, 0) is 4.79 Å². The van der Waals surface area contributed by atoms with Crippen LogP contribution in [0, 0.1) is 23.7 Å². The predicted molar refractivity (Wildman–Crippen MR) is 123 cm³/mol. The van der Waals surface area contributed by atoms with Crippen LogP contribution in [0.3, 0.4) is 0 Å². The van der Waals surface area contributed by atoms with Crippen LogP contribution in [0.4, 0.5) is 16.2 Å². The van der Waals surface area contributed by atoms with Crippen molar-refractivity contribution in [3.8, 4) is 0 Å². The highest BCUT2D eigenvalue weighted by molar-refractivity contribution is 5.96. The zero-order valence-electron chi connectivity index (χ0n) is 18.9. The number of anilines is 2. The van der Waals surface area contributed by atoms with Crippen LogP contribution < -0.4 is 10.6 Å². The van der Waals surface area contributed by atoms with Crippen LogP contribution in [0.15, 0.2) is 24.3 Å². The van der Waals surface area contributed by atoms with E-state index >= 15 is 0 Å². The highest BCUT2D eigenvalue weighted by atomic mass is 16.2. The molecule has 0 unspecified atom stereocenters. The van der Waals surface area contributed by atoms with E-state index in [1.165, 1.54) is 38.5 Å². The van der Waals surface area contributed by atoms with E-state index < -0.39 is 0 Å². The Labute approximate surface area is 185 Å². The predicted octanol–water partition coefficient (Wildman–Crippen LogP) is 4.40. The lowest BCUT2D eigenvalue weighted by Crippen LogP contribution is -2.54. The fourth-order valence-corrected chi connectivity index (χ4v) is 7.10. The Kier molecular flexibility index (Phi) is 5.35. The van der Waals surface area contributed by atoms with Gasteiger partial charge in [0.15, 0.2) is 0 Å². The molecule has 1 heterocycles. The zero-order valence-corrected chi connectivity index (χ0v) is 18.9. The molecule has 6 nitrogen and oxygen atoms in total. The number of hydrogen-bond acceptors (Lipinski definition) is 3. The van der Waals surface area contributed by atoms with Crippen molar-refractivity contribution >= 4 is 23.3 Å². The maximum Gasteiger partial charge on any atom is 0.319 e. The minimum Gasteiger partial charge on any atom is -0.378 e. The molecule has 0 atom stereocenters. The van der Waals surface area contributed by atoms with Crippen LogP contribution in [-0.4, -0.2) is 54.5 Å². The third-order valence-corrected chi connectivity index (χ3v) is 8.14. The van der Waals surface area contributed by atoms with E-state index in [1.54, 1.807) is 19.0 Å². The molecule has 2 N–H and O–H groups in total. The van der Waals surface area contributed by atoms with Crippen molar-refractivity contribution in [1.29, 1.82) is 0 Å². The summed E-state index contributed by atoms with van der Waals surface area (Å²) >= 11 is 0. The second-order valence-electron chi connectivity index (χ2n) is 10.8. The van der Waals surface area contributed by atoms with Crippen LogP contribution in [0.25, 0.3) is 0 Å². The number of rotatable bonds is 4. The van der Waals surface area contributed by atoms with Crippen molar-refractivity contribution in [2.24, 2.45) is 23.7 Å². The third-order valence-electron chi connectivity index (χ3n) is 8.14. The zero-order chi connectivity index (χ0) is 21.6. The summed E-state index contributed by atoms with van der Waals surface area (Å²) in [5.74, 6) is 2.69. The van der Waals surface area contributed by atoms with E-state index in [4.69, 9.17) is 0 Å². The van der Waals surface area contributed by atoms with Gasteiger partial charge in [0.25, 0.3) is 0 Å². The molecule has 0 spiro atoms. The van der Waals surface area contributed by atoms with Crippen molar-refractivity contribution in [3.63, 3.8) is 0 Å². The summed E-state index contributed by atoms with van der Waals surface area (Å²) in [6.45, 7) is 1.28. The largest absolute Gasteiger partial charge is 0.378 e. The number of hydrogen-bond donors (Lipinski definition) is 2. The average Bonchev–Trinajstić information content (AvgIpc) is 2.73. The molecule has 6 heteroatoms. The Bertz CT molecular complexity index is 808. The molecular formula is C25H36N4O2. The highest BCUT2D eigenvalue weighted by Crippen LogP contribution is 2.56. The van der Waals surface area contributed by atoms with E-state index in [0.717, 1.165) is 42.0 Å². The van der Waals surface area contributed by atoms with Gasteiger partial charge in [-0.1, -0.05) is 12.1 Å². The lowest BCUT2D eigenvalue weighted by Gasteiger charge is -2.57. The fourth-order valence-electron chi connectivity index (χ4n) is 7.10. The number of likely N-dealkylation sites (tertiary alicyclic amines) is 1. The second-order valence-corrected chi connectivity index (χ2v) is 10.8. The highest BCUT2D eigenvalue weighted by Gasteiger charge is 2.51. The van der Waals surface area contributed by atoms with Crippen LogP contribution in [0.5, 0.6) is 0 Å². The third kappa shape index (κ3) is 4.13. The molecule has 1 saturated heterocycles. The number of urea groups is 1. The van der Waals surface area contributed by atoms with E-state index in [1.807, 2.05) is 17.0 Å². The molecule has 5 fully saturated rings. The molecule has 3 amide bonds. The summed E-state index contributed by atoms with van der Waals surface area (Å²) in [7, 11) is 3.55. The normalized spacial score (nSPS) is 32.1. The van der Waals surface area contributed by atoms with Crippen LogP contribution >= 0.6 is 0 Å². The smallest absolute Gasteiger partial charge is 0.319 e. The monoisotopic (exact) mass is 424 g/mol. The summed E-state index contributed by atoms with van der Waals surface area (Å²) < 4.78 is 0. The first kappa shape index (κ1) is 20.7. The van der Waals surface area contributed by atoms with Gasteiger partial charge in [-0.2, -0.15) is 0 Å². The van der Waals surface area contributed by atoms with Crippen LogP contribution in [0.2, 0.25) is 0 Å². The number of carbonyl (C=O) groups excluding carboxylic acids is 2. The van der Waals surface area contributed by atoms with E-state index in [-0.39, 0.29) is 23.4 Å². The van der Waals surface area contributed by atoms with Gasteiger partial charge < -0.3 is 20.4 Å². The van der Waals surface area contributed by atoms with Gasteiger partial charge in [0.1, 0.15) is 0 Å². The molecule has 5 aliphatic rings. The van der Waals surface area contributed by atoms with Gasteiger partial charge in [0.05, 0.1) is 11.4 Å². The summed E-state index contributed by atoms with van der Waals surface area (Å²) in [5.41, 5.74) is 2.18. The van der Waals surface area contributed by atoms with Gasteiger partial charge in [-0.15, -0.1) is 0 Å². The van der Waals surface area contributed by atoms with Crippen molar-refractivity contribution in [2.75, 3.05) is 37.8 Å². The van der Waals surface area contributed by atoms with Crippen molar-refractivity contribution in [3.05, 3.63) is 24.3 Å². The average molecular weight is 425 g/mol. The lowest BCUT2D eigenvalue weighted by molar-refractivity contribution is -0.121.